The zero-order valence-corrected chi connectivity index (χ0v) is 22.3. The van der Waals surface area contributed by atoms with Gasteiger partial charge in [0.15, 0.2) is 0 Å². The lowest BCUT2D eigenvalue weighted by molar-refractivity contribution is 0.0378. The predicted molar refractivity (Wildman–Crippen MR) is 141 cm³/mol. The molecule has 1 atom stereocenters. The molecular formula is C31H42O2. The number of carbonyl (C=O) groups is 1. The van der Waals surface area contributed by atoms with Gasteiger partial charge in [-0.2, -0.15) is 0 Å². The fourth-order valence-corrected chi connectivity index (χ4v) is 5.38. The van der Waals surface area contributed by atoms with Crippen LogP contribution < -0.4 is 0 Å². The first-order valence-electron chi connectivity index (χ1n) is 12.4. The highest BCUT2D eigenvalue weighted by Crippen LogP contribution is 2.54. The first-order valence-corrected chi connectivity index (χ1v) is 12.4. The molecule has 0 heterocycles. The van der Waals surface area contributed by atoms with Crippen LogP contribution in [0, 0.1) is 11.8 Å². The van der Waals surface area contributed by atoms with Gasteiger partial charge in [0, 0.05) is 0 Å². The molecule has 1 unspecified atom stereocenters. The van der Waals surface area contributed by atoms with Crippen molar-refractivity contribution in [2.24, 2.45) is 11.8 Å². The lowest BCUT2D eigenvalue weighted by Gasteiger charge is -2.32. The molecule has 0 saturated heterocycles. The van der Waals surface area contributed by atoms with Gasteiger partial charge < -0.3 is 4.74 Å². The average molecular weight is 447 g/mol. The van der Waals surface area contributed by atoms with Crippen molar-refractivity contribution in [3.05, 3.63) is 69.8 Å². The molecule has 2 aromatic rings. The summed E-state index contributed by atoms with van der Waals surface area (Å²) in [6, 6.07) is 12.7. The molecule has 3 rings (SSSR count). The van der Waals surface area contributed by atoms with E-state index in [0.29, 0.717) is 17.4 Å². The highest BCUT2D eigenvalue weighted by atomic mass is 16.5. The summed E-state index contributed by atoms with van der Waals surface area (Å²) in [4.78, 5) is 12.2. The first-order chi connectivity index (χ1) is 15.2. The lowest BCUT2D eigenvalue weighted by Crippen LogP contribution is -2.30. The van der Waals surface area contributed by atoms with E-state index in [1.165, 1.54) is 27.8 Å². The van der Waals surface area contributed by atoms with Crippen molar-refractivity contribution in [2.45, 2.75) is 92.6 Å². The molecule has 0 amide bonds. The fraction of sp³-hybridized carbons (Fsp3) is 0.516. The monoisotopic (exact) mass is 446 g/mol. The number of allylic oxidation sites excluding steroid dienone is 1. The lowest BCUT2D eigenvalue weighted by atomic mass is 9.71. The van der Waals surface area contributed by atoms with Gasteiger partial charge in [-0.1, -0.05) is 78.8 Å². The van der Waals surface area contributed by atoms with Crippen molar-refractivity contribution >= 4 is 17.6 Å². The second-order valence-electron chi connectivity index (χ2n) is 11.7. The number of hydrogen-bond donors (Lipinski definition) is 0. The van der Waals surface area contributed by atoms with Gasteiger partial charge in [0.25, 0.3) is 0 Å². The molecule has 0 bridgehead atoms. The predicted octanol–water partition coefficient (Wildman–Crippen LogP) is 8.22. The molecule has 0 radical (unpaired) electrons. The van der Waals surface area contributed by atoms with Gasteiger partial charge >= 0.3 is 5.97 Å². The maximum Gasteiger partial charge on any atom is 0.338 e. The summed E-state index contributed by atoms with van der Waals surface area (Å²) in [7, 11) is 0. The van der Waals surface area contributed by atoms with Gasteiger partial charge in [0.1, 0.15) is 0 Å². The minimum absolute atomic E-state index is 0.115. The van der Waals surface area contributed by atoms with Crippen molar-refractivity contribution in [2.75, 3.05) is 0 Å². The van der Waals surface area contributed by atoms with Crippen molar-refractivity contribution in [3.63, 3.8) is 0 Å². The Kier molecular flexibility index (Phi) is 6.99. The van der Waals surface area contributed by atoms with E-state index < -0.39 is 0 Å². The van der Waals surface area contributed by atoms with Crippen LogP contribution >= 0.6 is 0 Å². The zero-order valence-electron chi connectivity index (χ0n) is 22.3. The van der Waals surface area contributed by atoms with Crippen LogP contribution in [0.2, 0.25) is 0 Å². The molecule has 2 heteroatoms. The fourth-order valence-electron chi connectivity index (χ4n) is 5.38. The second-order valence-corrected chi connectivity index (χ2v) is 11.7. The van der Waals surface area contributed by atoms with Crippen LogP contribution in [0.3, 0.4) is 0 Å². The smallest absolute Gasteiger partial charge is 0.338 e. The van der Waals surface area contributed by atoms with Crippen molar-refractivity contribution in [1.29, 1.82) is 0 Å². The maximum absolute atomic E-state index is 12.2. The molecule has 2 aromatic carbocycles. The molecule has 33 heavy (non-hydrogen) atoms. The van der Waals surface area contributed by atoms with Gasteiger partial charge in [-0.3, -0.25) is 0 Å². The Morgan fingerprint density at radius 2 is 1.52 bits per heavy atom. The third kappa shape index (κ3) is 4.95. The number of fused-ring (bicyclic) bond motifs is 1. The molecule has 0 aliphatic heterocycles. The van der Waals surface area contributed by atoms with Crippen LogP contribution in [0.4, 0.5) is 0 Å². The van der Waals surface area contributed by atoms with Crippen LogP contribution in [0.25, 0.3) is 11.6 Å². The normalized spacial score (nSPS) is 19.2. The molecule has 0 spiro atoms. The quantitative estimate of drug-likeness (QED) is 0.330. The summed E-state index contributed by atoms with van der Waals surface area (Å²) in [5, 5.41) is 0. The summed E-state index contributed by atoms with van der Waals surface area (Å²) in [5.74, 6) is 0.898. The van der Waals surface area contributed by atoms with E-state index in [4.69, 9.17) is 4.74 Å². The maximum atomic E-state index is 12.2. The van der Waals surface area contributed by atoms with Crippen LogP contribution in [-0.2, 0) is 22.0 Å². The largest absolute Gasteiger partial charge is 0.459 e. The minimum Gasteiger partial charge on any atom is -0.459 e. The van der Waals surface area contributed by atoms with Gasteiger partial charge in [0.2, 0.25) is 0 Å². The van der Waals surface area contributed by atoms with Gasteiger partial charge in [-0.25, -0.2) is 4.79 Å². The molecule has 0 aromatic heterocycles. The third-order valence-corrected chi connectivity index (χ3v) is 7.72. The van der Waals surface area contributed by atoms with E-state index in [2.05, 4.69) is 73.6 Å². The third-order valence-electron chi connectivity index (χ3n) is 7.72. The standard InChI is InChI=1S/C31H42O2/c1-19(2)15-25-17-27-28(31(9,10)22(6)30(27,7)8)18-26(25)21(5)16-23-11-13-24(14-12-23)29(32)33-20(3)4/h11-14,16-20,22H,15H2,1-10H3. The van der Waals surface area contributed by atoms with Gasteiger partial charge in [0.05, 0.1) is 11.7 Å². The van der Waals surface area contributed by atoms with Crippen molar-refractivity contribution in [1.82, 2.24) is 0 Å². The Bertz CT molecular complexity index is 1050. The van der Waals surface area contributed by atoms with E-state index >= 15 is 0 Å². The van der Waals surface area contributed by atoms with E-state index in [0.717, 1.165) is 12.0 Å². The summed E-state index contributed by atoms with van der Waals surface area (Å²) in [5.41, 5.74) is 9.05. The Hall–Kier alpha value is -2.35. The van der Waals surface area contributed by atoms with E-state index in [1.807, 2.05) is 38.1 Å². The molecule has 0 fully saturated rings. The topological polar surface area (TPSA) is 26.3 Å². The van der Waals surface area contributed by atoms with Crippen LogP contribution in [0.15, 0.2) is 36.4 Å². The van der Waals surface area contributed by atoms with Crippen LogP contribution in [0.1, 0.15) is 107 Å². The Labute approximate surface area is 201 Å². The van der Waals surface area contributed by atoms with Gasteiger partial charge in [-0.15, -0.1) is 0 Å². The first kappa shape index (κ1) is 25.3. The molecule has 0 saturated carbocycles. The van der Waals surface area contributed by atoms with Crippen molar-refractivity contribution in [3.8, 4) is 0 Å². The highest BCUT2D eigenvalue weighted by molar-refractivity contribution is 5.90. The molecule has 2 nitrogen and oxygen atoms in total. The average Bonchev–Trinajstić information content (AvgIpc) is 2.84. The Balaban J connectivity index is 2.04. The number of esters is 1. The highest BCUT2D eigenvalue weighted by Gasteiger charge is 2.48. The molecular weight excluding hydrogens is 404 g/mol. The van der Waals surface area contributed by atoms with Crippen molar-refractivity contribution < 1.29 is 9.53 Å². The van der Waals surface area contributed by atoms with Gasteiger partial charge in [-0.05, 0) is 95.4 Å². The van der Waals surface area contributed by atoms with E-state index in [1.54, 1.807) is 0 Å². The zero-order chi connectivity index (χ0) is 24.7. The number of rotatable bonds is 6. The molecule has 178 valence electrons. The number of ether oxygens (including phenoxy) is 1. The summed E-state index contributed by atoms with van der Waals surface area (Å²) in [6.45, 7) is 22.5. The second kappa shape index (κ2) is 9.12. The van der Waals surface area contributed by atoms with E-state index in [9.17, 15) is 4.79 Å². The molecule has 1 aliphatic rings. The molecule has 0 N–H and O–H groups in total. The minimum atomic E-state index is -0.269. The number of benzene rings is 2. The Morgan fingerprint density at radius 3 is 2.03 bits per heavy atom. The van der Waals surface area contributed by atoms with E-state index in [-0.39, 0.29) is 22.9 Å². The Morgan fingerprint density at radius 1 is 0.970 bits per heavy atom. The number of hydrogen-bond acceptors (Lipinski definition) is 2. The molecule has 1 aliphatic carbocycles. The number of carbonyl (C=O) groups excluding carboxylic acids is 1. The SMILES string of the molecule is CC(=Cc1ccc(C(=O)OC(C)C)cc1)c1cc2c(cc1CC(C)C)C(C)(C)C(C)C2(C)C. The van der Waals surface area contributed by atoms with Crippen LogP contribution in [-0.4, -0.2) is 12.1 Å². The summed E-state index contributed by atoms with van der Waals surface area (Å²) in [6.07, 6.45) is 3.19. The van der Waals surface area contributed by atoms with Crippen LogP contribution in [0.5, 0.6) is 0 Å². The summed E-state index contributed by atoms with van der Waals surface area (Å²) >= 11 is 0. The summed E-state index contributed by atoms with van der Waals surface area (Å²) < 4.78 is 5.31.